The number of hydrogen-bond donors (Lipinski definition) is 1. The number of aromatic nitrogens is 5. The molecule has 12 nitrogen and oxygen atoms in total. The number of alkyl halides is 3. The van der Waals surface area contributed by atoms with Crippen molar-refractivity contribution in [2.75, 3.05) is 6.61 Å². The van der Waals surface area contributed by atoms with E-state index in [-0.39, 0.29) is 25.4 Å². The average Bonchev–Trinajstić information content (AvgIpc) is 3.18. The number of rotatable bonds is 6. The summed E-state index contributed by atoms with van der Waals surface area (Å²) in [7, 11) is -5.84. The molecule has 3 rings (SSSR count). The maximum absolute atomic E-state index is 12.6. The summed E-state index contributed by atoms with van der Waals surface area (Å²) < 4.78 is 67.0. The number of ether oxygens (including phenoxy) is 1. The first-order valence-electron chi connectivity index (χ1n) is 9.62. The van der Waals surface area contributed by atoms with E-state index in [2.05, 4.69) is 9.97 Å². The number of aryl methyl sites for hydroxylation is 1. The van der Waals surface area contributed by atoms with Crippen molar-refractivity contribution in [3.63, 3.8) is 0 Å². The van der Waals surface area contributed by atoms with Crippen LogP contribution in [0.5, 0.6) is 0 Å². The van der Waals surface area contributed by atoms with Crippen LogP contribution in [0.25, 0.3) is 11.2 Å². The van der Waals surface area contributed by atoms with Gasteiger partial charge in [-0.3, -0.25) is 23.5 Å². The van der Waals surface area contributed by atoms with Crippen molar-refractivity contribution in [2.24, 2.45) is 0 Å². The third kappa shape index (κ3) is 5.88. The molecule has 0 fully saturated rings. The third-order valence-electron chi connectivity index (χ3n) is 4.37. The molecule has 16 heteroatoms. The first-order valence-corrected chi connectivity index (χ1v) is 11.1. The molecule has 1 N–H and O–H groups in total. The van der Waals surface area contributed by atoms with Crippen LogP contribution in [0.1, 0.15) is 24.2 Å². The molecule has 0 aliphatic carbocycles. The molecule has 3 aromatic rings. The minimum atomic E-state index is -5.84. The van der Waals surface area contributed by atoms with E-state index in [1.165, 1.54) is 21.7 Å². The second-order valence-electron chi connectivity index (χ2n) is 6.48. The Morgan fingerprint density at radius 2 is 1.79 bits per heavy atom. The molecule has 0 spiro atoms. The molecule has 0 atom stereocenters. The number of carbonyl (C=O) groups excluding carboxylic acids is 1. The molecule has 3 aromatic heterocycles. The first kappa shape index (κ1) is 26.7. The van der Waals surface area contributed by atoms with E-state index in [0.29, 0.717) is 23.3 Å². The van der Waals surface area contributed by atoms with Gasteiger partial charge >= 0.3 is 27.3 Å². The molecule has 0 radical (unpaired) electrons. The Labute approximate surface area is 190 Å². The van der Waals surface area contributed by atoms with E-state index in [1.807, 2.05) is 6.92 Å². The fraction of sp³-hybridized carbons (Fsp3) is 0.389. The van der Waals surface area contributed by atoms with Gasteiger partial charge in [0.05, 0.1) is 18.4 Å². The minimum absolute atomic E-state index is 0.0655. The molecule has 0 amide bonds. The van der Waals surface area contributed by atoms with Crippen molar-refractivity contribution >= 4 is 27.3 Å². The van der Waals surface area contributed by atoms with Gasteiger partial charge in [-0.25, -0.2) is 14.6 Å². The van der Waals surface area contributed by atoms with Gasteiger partial charge in [0, 0.05) is 25.5 Å². The van der Waals surface area contributed by atoms with E-state index < -0.39 is 27.2 Å². The first-order chi connectivity index (χ1) is 15.8. The summed E-state index contributed by atoms with van der Waals surface area (Å²) in [5, 5.41) is 0. The number of pyridine rings is 1. The lowest BCUT2D eigenvalue weighted by molar-refractivity contribution is -0.0510. The van der Waals surface area contributed by atoms with Gasteiger partial charge in [0.1, 0.15) is 6.61 Å². The number of nitrogens with zero attached hydrogens (tertiary/aromatic N) is 5. The Morgan fingerprint density at radius 3 is 2.29 bits per heavy atom. The van der Waals surface area contributed by atoms with Crippen molar-refractivity contribution in [3.8, 4) is 0 Å². The summed E-state index contributed by atoms with van der Waals surface area (Å²) in [6, 6.07) is 3.26. The van der Waals surface area contributed by atoms with Gasteiger partial charge in [0.25, 0.3) is 5.56 Å². The normalized spacial score (nSPS) is 11.7. The average molecular weight is 507 g/mol. The second-order valence-corrected chi connectivity index (χ2v) is 7.90. The molecular weight excluding hydrogens is 487 g/mol. The molecule has 186 valence electrons. The van der Waals surface area contributed by atoms with Crippen LogP contribution in [0, 0.1) is 0 Å². The number of imidazole rings is 1. The Bertz CT molecular complexity index is 1380. The Balaban J connectivity index is 0.000000440. The van der Waals surface area contributed by atoms with Crippen LogP contribution >= 0.6 is 0 Å². The zero-order valence-electron chi connectivity index (χ0n) is 17.9. The summed E-state index contributed by atoms with van der Waals surface area (Å²) in [5.41, 5.74) is -5.28. The fourth-order valence-electron chi connectivity index (χ4n) is 2.78. The summed E-state index contributed by atoms with van der Waals surface area (Å²) in [4.78, 5) is 45.0. The van der Waals surface area contributed by atoms with Gasteiger partial charge < -0.3 is 9.30 Å². The van der Waals surface area contributed by atoms with Crippen molar-refractivity contribution < 1.29 is 35.7 Å². The summed E-state index contributed by atoms with van der Waals surface area (Å²) in [6.07, 6.45) is 4.48. The fourth-order valence-corrected chi connectivity index (χ4v) is 2.78. The number of hydrogen-bond acceptors (Lipinski definition) is 8. The van der Waals surface area contributed by atoms with Crippen molar-refractivity contribution in [3.05, 3.63) is 57.3 Å². The molecule has 0 aliphatic rings. The molecule has 0 saturated heterocycles. The van der Waals surface area contributed by atoms with Crippen LogP contribution in [-0.2, 0) is 34.5 Å². The largest absolute Gasteiger partial charge is 0.522 e. The van der Waals surface area contributed by atoms with Crippen LogP contribution in [0.2, 0.25) is 0 Å². The van der Waals surface area contributed by atoms with Crippen LogP contribution in [-0.4, -0.2) is 54.7 Å². The molecule has 3 heterocycles. The van der Waals surface area contributed by atoms with Gasteiger partial charge in [-0.2, -0.15) is 21.6 Å². The van der Waals surface area contributed by atoms with E-state index in [9.17, 15) is 27.6 Å². The lowest BCUT2D eigenvalue weighted by Gasteiger charge is -2.10. The van der Waals surface area contributed by atoms with Gasteiger partial charge in [0.2, 0.25) is 0 Å². The maximum atomic E-state index is 12.6. The molecule has 34 heavy (non-hydrogen) atoms. The highest BCUT2D eigenvalue weighted by atomic mass is 32.2. The number of halogens is 3. The van der Waals surface area contributed by atoms with E-state index >= 15 is 0 Å². The van der Waals surface area contributed by atoms with Crippen molar-refractivity contribution in [2.45, 2.75) is 39.0 Å². The third-order valence-corrected chi connectivity index (χ3v) is 4.96. The maximum Gasteiger partial charge on any atom is 0.522 e. The molecule has 0 bridgehead atoms. The molecule has 0 saturated carbocycles. The predicted octanol–water partition coefficient (Wildman–Crippen LogP) is 1.05. The minimum Gasteiger partial charge on any atom is -0.460 e. The van der Waals surface area contributed by atoms with Gasteiger partial charge in [0.15, 0.2) is 11.2 Å². The monoisotopic (exact) mass is 507 g/mol. The van der Waals surface area contributed by atoms with Gasteiger partial charge in [-0.1, -0.05) is 0 Å². The second kappa shape index (κ2) is 10.6. The predicted molar refractivity (Wildman–Crippen MR) is 112 cm³/mol. The SMILES string of the molecule is CCn1c(=O)c2c(ncn2CCOC(=O)c2cccnc2)n(CC)c1=O.O=S(=O)(O)C(F)(F)F. The molecule has 0 aromatic carbocycles. The Hall–Kier alpha value is -3.53. The molecular formula is C18H20F3N5O7S. The number of fused-ring (bicyclic) bond motifs is 1. The topological polar surface area (TPSA) is 155 Å². The summed E-state index contributed by atoms with van der Waals surface area (Å²) >= 11 is 0. The van der Waals surface area contributed by atoms with Crippen molar-refractivity contribution in [1.29, 1.82) is 0 Å². The van der Waals surface area contributed by atoms with Gasteiger partial charge in [-0.05, 0) is 26.0 Å². The highest BCUT2D eigenvalue weighted by molar-refractivity contribution is 7.86. The zero-order valence-corrected chi connectivity index (χ0v) is 18.7. The highest BCUT2D eigenvalue weighted by Gasteiger charge is 2.44. The Kier molecular flexibility index (Phi) is 8.33. The van der Waals surface area contributed by atoms with E-state index in [4.69, 9.17) is 17.7 Å². The lowest BCUT2D eigenvalue weighted by atomic mass is 10.3. The highest BCUT2D eigenvalue weighted by Crippen LogP contribution is 2.20. The van der Waals surface area contributed by atoms with Crippen LogP contribution < -0.4 is 11.2 Å². The van der Waals surface area contributed by atoms with Crippen LogP contribution in [0.15, 0.2) is 40.4 Å². The number of esters is 1. The summed E-state index contributed by atoms with van der Waals surface area (Å²) in [5.74, 6) is -0.487. The van der Waals surface area contributed by atoms with Crippen LogP contribution in [0.3, 0.4) is 0 Å². The Morgan fingerprint density at radius 1 is 1.18 bits per heavy atom. The molecule has 0 aliphatic heterocycles. The molecule has 0 unspecified atom stereocenters. The van der Waals surface area contributed by atoms with Gasteiger partial charge in [-0.15, -0.1) is 0 Å². The van der Waals surface area contributed by atoms with E-state index in [1.54, 1.807) is 29.8 Å². The quantitative estimate of drug-likeness (QED) is 0.293. The standard InChI is InChI=1S/C17H19N5O4.CHF3O3S/c1-3-21-14-13(15(23)22(4-2)17(21)25)20(11-19-14)8-9-26-16(24)12-6-5-7-18-10-12;2-1(3,4)8(5,6)7/h5-7,10-11H,3-4,8-9H2,1-2H3;(H,5,6,7). The van der Waals surface area contributed by atoms with E-state index in [0.717, 1.165) is 0 Å². The van der Waals surface area contributed by atoms with Crippen molar-refractivity contribution in [1.82, 2.24) is 23.7 Å². The smallest absolute Gasteiger partial charge is 0.460 e. The van der Waals surface area contributed by atoms with Crippen LogP contribution in [0.4, 0.5) is 13.2 Å². The number of carbonyl (C=O) groups is 1. The lowest BCUT2D eigenvalue weighted by Crippen LogP contribution is -2.40. The zero-order chi connectivity index (χ0) is 25.7. The summed E-state index contributed by atoms with van der Waals surface area (Å²) in [6.45, 7) is 4.56.